The van der Waals surface area contributed by atoms with Crippen LogP contribution in [-0.2, 0) is 4.79 Å². The van der Waals surface area contributed by atoms with Crippen LogP contribution in [0.5, 0.6) is 0 Å². The van der Waals surface area contributed by atoms with Gasteiger partial charge in [-0.2, -0.15) is 4.39 Å². The van der Waals surface area contributed by atoms with Gasteiger partial charge in [0.1, 0.15) is 0 Å². The summed E-state index contributed by atoms with van der Waals surface area (Å²) in [4.78, 5) is 31.5. The Bertz CT molecular complexity index is 549. The van der Waals surface area contributed by atoms with Crippen molar-refractivity contribution in [3.8, 4) is 0 Å². The molecule has 3 N–H and O–H groups in total. The van der Waals surface area contributed by atoms with E-state index in [1.54, 1.807) is 0 Å². The van der Waals surface area contributed by atoms with Gasteiger partial charge in [-0.3, -0.25) is 14.9 Å². The SMILES string of the molecule is CC(CNC(=O)Nc1ccc([N+](=O)[O-])c(F)c1)C(=O)O. The molecule has 0 aliphatic carbocycles. The molecular weight excluding hydrogens is 273 g/mol. The Balaban J connectivity index is 2.61. The molecule has 1 aromatic rings. The summed E-state index contributed by atoms with van der Waals surface area (Å²) in [5, 5.41) is 23.5. The van der Waals surface area contributed by atoms with Gasteiger partial charge < -0.3 is 15.7 Å². The first-order valence-electron chi connectivity index (χ1n) is 5.53. The second-order valence-electron chi connectivity index (χ2n) is 4.00. The van der Waals surface area contributed by atoms with E-state index in [4.69, 9.17) is 5.11 Å². The predicted octanol–water partition coefficient (Wildman–Crippen LogP) is 1.58. The van der Waals surface area contributed by atoms with Crippen LogP contribution in [0.3, 0.4) is 0 Å². The van der Waals surface area contributed by atoms with E-state index in [9.17, 15) is 24.1 Å². The second kappa shape index (κ2) is 6.45. The summed E-state index contributed by atoms with van der Waals surface area (Å²) in [6, 6.07) is 2.16. The van der Waals surface area contributed by atoms with Crippen LogP contribution >= 0.6 is 0 Å². The Hall–Kier alpha value is -2.71. The highest BCUT2D eigenvalue weighted by molar-refractivity contribution is 5.89. The fraction of sp³-hybridized carbons (Fsp3) is 0.273. The highest BCUT2D eigenvalue weighted by Gasteiger charge is 2.15. The molecule has 0 bridgehead atoms. The van der Waals surface area contributed by atoms with Crippen LogP contribution in [0, 0.1) is 21.8 Å². The van der Waals surface area contributed by atoms with Crippen molar-refractivity contribution in [1.29, 1.82) is 0 Å². The van der Waals surface area contributed by atoms with E-state index in [1.165, 1.54) is 13.0 Å². The van der Waals surface area contributed by atoms with Crippen LogP contribution in [0.4, 0.5) is 20.6 Å². The molecule has 0 saturated heterocycles. The minimum atomic E-state index is -1.08. The summed E-state index contributed by atoms with van der Waals surface area (Å²) in [6.07, 6.45) is 0. The van der Waals surface area contributed by atoms with Crippen LogP contribution in [0.25, 0.3) is 0 Å². The number of nitro groups is 1. The number of halogens is 1. The van der Waals surface area contributed by atoms with Crippen molar-refractivity contribution in [1.82, 2.24) is 5.32 Å². The van der Waals surface area contributed by atoms with Crippen molar-refractivity contribution in [3.05, 3.63) is 34.1 Å². The number of rotatable bonds is 5. The quantitative estimate of drug-likeness (QED) is 0.560. The molecule has 0 fully saturated rings. The van der Waals surface area contributed by atoms with Gasteiger partial charge in [0.25, 0.3) is 0 Å². The molecule has 0 saturated carbocycles. The number of carboxylic acids is 1. The molecule has 9 heteroatoms. The number of benzene rings is 1. The molecule has 2 amide bonds. The van der Waals surface area contributed by atoms with Crippen molar-refractivity contribution in [3.63, 3.8) is 0 Å². The third-order valence-electron chi connectivity index (χ3n) is 2.39. The average molecular weight is 285 g/mol. The Morgan fingerprint density at radius 3 is 2.65 bits per heavy atom. The van der Waals surface area contributed by atoms with Crippen LogP contribution in [0.1, 0.15) is 6.92 Å². The number of anilines is 1. The maximum Gasteiger partial charge on any atom is 0.319 e. The molecule has 1 rings (SSSR count). The standard InChI is InChI=1S/C11H12FN3O5/c1-6(10(16)17)5-13-11(18)14-7-2-3-9(15(19)20)8(12)4-7/h2-4,6H,5H2,1H3,(H,16,17)(H2,13,14,18). The lowest BCUT2D eigenvalue weighted by molar-refractivity contribution is -0.387. The molecule has 108 valence electrons. The second-order valence-corrected chi connectivity index (χ2v) is 4.00. The summed E-state index contributed by atoms with van der Waals surface area (Å²) >= 11 is 0. The molecule has 0 spiro atoms. The fourth-order valence-electron chi connectivity index (χ4n) is 1.24. The lowest BCUT2D eigenvalue weighted by atomic mass is 10.2. The van der Waals surface area contributed by atoms with Crippen LogP contribution in [-0.4, -0.2) is 28.6 Å². The molecule has 0 aromatic heterocycles. The monoisotopic (exact) mass is 285 g/mol. The van der Waals surface area contributed by atoms with E-state index in [0.29, 0.717) is 0 Å². The van der Waals surface area contributed by atoms with Gasteiger partial charge in [-0.15, -0.1) is 0 Å². The van der Waals surface area contributed by atoms with Crippen molar-refractivity contribution in [2.45, 2.75) is 6.92 Å². The summed E-state index contributed by atoms with van der Waals surface area (Å²) in [6.45, 7) is 1.31. The highest BCUT2D eigenvalue weighted by Crippen LogP contribution is 2.20. The van der Waals surface area contributed by atoms with Gasteiger partial charge in [0.05, 0.1) is 10.8 Å². The van der Waals surface area contributed by atoms with Gasteiger partial charge in [-0.05, 0) is 6.07 Å². The van der Waals surface area contributed by atoms with Crippen molar-refractivity contribution >= 4 is 23.4 Å². The lowest BCUT2D eigenvalue weighted by Crippen LogP contribution is -2.34. The number of nitrogens with zero attached hydrogens (tertiary/aromatic N) is 1. The first-order chi connectivity index (χ1) is 9.31. The number of urea groups is 1. The smallest absolute Gasteiger partial charge is 0.319 e. The van der Waals surface area contributed by atoms with Gasteiger partial charge in [0.15, 0.2) is 0 Å². The van der Waals surface area contributed by atoms with Gasteiger partial charge in [-0.1, -0.05) is 6.92 Å². The number of carbonyl (C=O) groups is 2. The fourth-order valence-corrected chi connectivity index (χ4v) is 1.24. The van der Waals surface area contributed by atoms with Crippen LogP contribution in [0.2, 0.25) is 0 Å². The van der Waals surface area contributed by atoms with E-state index in [2.05, 4.69) is 10.6 Å². The molecular formula is C11H12FN3O5. The Morgan fingerprint density at radius 1 is 1.50 bits per heavy atom. The van der Waals surface area contributed by atoms with Crippen molar-refractivity contribution in [2.24, 2.45) is 5.92 Å². The van der Waals surface area contributed by atoms with E-state index in [-0.39, 0.29) is 12.2 Å². The van der Waals surface area contributed by atoms with E-state index in [0.717, 1.165) is 12.1 Å². The number of carbonyl (C=O) groups excluding carboxylic acids is 1. The maximum atomic E-state index is 13.3. The lowest BCUT2D eigenvalue weighted by Gasteiger charge is -2.09. The van der Waals surface area contributed by atoms with E-state index in [1.807, 2.05) is 0 Å². The number of aliphatic carboxylic acids is 1. The Kier molecular flexibility index (Phi) is 4.95. The topological polar surface area (TPSA) is 122 Å². The zero-order chi connectivity index (χ0) is 15.3. The zero-order valence-electron chi connectivity index (χ0n) is 10.4. The molecule has 0 aliphatic heterocycles. The third-order valence-corrected chi connectivity index (χ3v) is 2.39. The van der Waals surface area contributed by atoms with Crippen LogP contribution in [0.15, 0.2) is 18.2 Å². The minimum absolute atomic E-state index is 0.0218. The van der Waals surface area contributed by atoms with Gasteiger partial charge in [0.2, 0.25) is 5.82 Å². The number of carboxylic acid groups (broad SMARTS) is 1. The molecule has 1 atom stereocenters. The van der Waals surface area contributed by atoms with Crippen LogP contribution < -0.4 is 10.6 Å². The van der Waals surface area contributed by atoms with Crippen molar-refractivity contribution < 1.29 is 24.0 Å². The maximum absolute atomic E-state index is 13.3. The molecule has 0 aliphatic rings. The number of hydrogen-bond acceptors (Lipinski definition) is 4. The first-order valence-corrected chi connectivity index (χ1v) is 5.53. The van der Waals surface area contributed by atoms with Gasteiger partial charge in [-0.25, -0.2) is 4.79 Å². The number of nitrogens with one attached hydrogen (secondary N) is 2. The number of nitro benzene ring substituents is 1. The minimum Gasteiger partial charge on any atom is -0.481 e. The normalized spacial score (nSPS) is 11.5. The summed E-state index contributed by atoms with van der Waals surface area (Å²) in [5.74, 6) is -2.91. The summed E-state index contributed by atoms with van der Waals surface area (Å²) < 4.78 is 13.3. The predicted molar refractivity (Wildman–Crippen MR) is 66.9 cm³/mol. The number of hydrogen-bond donors (Lipinski definition) is 3. The molecule has 1 aromatic carbocycles. The third kappa shape index (κ3) is 4.19. The van der Waals surface area contributed by atoms with Gasteiger partial charge >= 0.3 is 17.7 Å². The van der Waals surface area contributed by atoms with E-state index >= 15 is 0 Å². The average Bonchev–Trinajstić information content (AvgIpc) is 2.35. The Labute approximate surface area is 112 Å². The molecule has 1 unspecified atom stereocenters. The number of amides is 2. The summed E-state index contributed by atoms with van der Waals surface area (Å²) in [5.41, 5.74) is -0.677. The molecule has 0 heterocycles. The molecule has 0 radical (unpaired) electrons. The summed E-state index contributed by atoms with van der Waals surface area (Å²) in [7, 11) is 0. The van der Waals surface area contributed by atoms with Crippen molar-refractivity contribution in [2.75, 3.05) is 11.9 Å². The molecule has 20 heavy (non-hydrogen) atoms. The largest absolute Gasteiger partial charge is 0.481 e. The van der Waals surface area contributed by atoms with Gasteiger partial charge in [0, 0.05) is 24.4 Å². The zero-order valence-corrected chi connectivity index (χ0v) is 10.4. The van der Waals surface area contributed by atoms with E-state index < -0.39 is 34.3 Å². The first kappa shape index (κ1) is 15.3. The highest BCUT2D eigenvalue weighted by atomic mass is 19.1. The molecule has 8 nitrogen and oxygen atoms in total. The Morgan fingerprint density at radius 2 is 2.15 bits per heavy atom.